The molecule has 8 nitrogen and oxygen atoms in total. The zero-order chi connectivity index (χ0) is 23.0. The van der Waals surface area contributed by atoms with Crippen LogP contribution in [0.3, 0.4) is 0 Å². The quantitative estimate of drug-likeness (QED) is 0.582. The van der Waals surface area contributed by atoms with Gasteiger partial charge in [0.1, 0.15) is 17.6 Å². The van der Waals surface area contributed by atoms with Crippen LogP contribution in [-0.2, 0) is 16.4 Å². The summed E-state index contributed by atoms with van der Waals surface area (Å²) in [5.74, 6) is -1.54. The van der Waals surface area contributed by atoms with Crippen molar-refractivity contribution < 1.29 is 22.0 Å². The molecule has 2 aromatic carbocycles. The highest BCUT2D eigenvalue weighted by Gasteiger charge is 2.33. The van der Waals surface area contributed by atoms with Gasteiger partial charge >= 0.3 is 5.76 Å². The molecule has 170 valence electrons. The topological polar surface area (TPSA) is 114 Å². The lowest BCUT2D eigenvalue weighted by molar-refractivity contribution is 0.288. The fourth-order valence-electron chi connectivity index (χ4n) is 4.01. The van der Waals surface area contributed by atoms with Gasteiger partial charge in [0.15, 0.2) is 0 Å². The summed E-state index contributed by atoms with van der Waals surface area (Å²) in [5, 5.41) is 5.96. The number of aryl methyl sites for hydroxylation is 2. The number of rotatable bonds is 6. The molecule has 0 amide bonds. The van der Waals surface area contributed by atoms with E-state index in [-0.39, 0.29) is 10.8 Å². The van der Waals surface area contributed by atoms with Crippen molar-refractivity contribution in [1.82, 2.24) is 14.9 Å². The predicted octanol–water partition coefficient (Wildman–Crippen LogP) is 3.27. The van der Waals surface area contributed by atoms with Gasteiger partial charge in [-0.2, -0.15) is 4.72 Å². The summed E-state index contributed by atoms with van der Waals surface area (Å²) in [5.41, 5.74) is 2.66. The average molecular weight is 462 g/mol. The van der Waals surface area contributed by atoms with Crippen LogP contribution in [0, 0.1) is 19.7 Å². The number of hydrogen-bond donors (Lipinski definition) is 2. The van der Waals surface area contributed by atoms with E-state index in [0.29, 0.717) is 29.9 Å². The smallest absolute Gasteiger partial charge is 0.434 e. The van der Waals surface area contributed by atoms with Gasteiger partial charge in [-0.25, -0.2) is 22.7 Å². The molecule has 2 N–H and O–H groups in total. The first-order valence-corrected chi connectivity index (χ1v) is 11.7. The average Bonchev–Trinajstić information content (AvgIpc) is 3.20. The number of ether oxygens (including phenoxy) is 1. The van der Waals surface area contributed by atoms with Crippen LogP contribution in [0.4, 0.5) is 4.39 Å². The molecule has 4 rings (SSSR count). The Bertz CT molecular complexity index is 1320. The zero-order valence-electron chi connectivity index (χ0n) is 17.9. The Hall–Kier alpha value is -2.98. The monoisotopic (exact) mass is 461 g/mol. The van der Waals surface area contributed by atoms with Crippen LogP contribution in [0.1, 0.15) is 53.4 Å². The maximum Gasteiger partial charge on any atom is 0.434 e. The first kappa shape index (κ1) is 22.2. The number of halogens is 1. The van der Waals surface area contributed by atoms with Crippen molar-refractivity contribution in [2.24, 2.45) is 0 Å². The SMILES string of the molecule is Cc1ccc(F)c(C(C)C(NS(=O)(=O)c2ccc3c(c2)CCCO3)c2n[nH]c(=O)o2)c1C. The Kier molecular flexibility index (Phi) is 5.91. The molecule has 3 aromatic rings. The lowest BCUT2D eigenvalue weighted by Gasteiger charge is -2.25. The van der Waals surface area contributed by atoms with E-state index >= 15 is 0 Å². The molecular formula is C22H24FN3O5S. The summed E-state index contributed by atoms with van der Waals surface area (Å²) in [7, 11) is -4.06. The zero-order valence-corrected chi connectivity index (χ0v) is 18.8. The molecule has 0 saturated carbocycles. The number of nitrogens with zero attached hydrogens (tertiary/aromatic N) is 1. The first-order chi connectivity index (χ1) is 15.2. The number of H-pyrrole nitrogens is 1. The van der Waals surface area contributed by atoms with Gasteiger partial charge in [-0.1, -0.05) is 13.0 Å². The second-order valence-electron chi connectivity index (χ2n) is 7.96. The van der Waals surface area contributed by atoms with Crippen molar-refractivity contribution in [2.75, 3.05) is 6.61 Å². The maximum absolute atomic E-state index is 14.8. The normalized spacial score (nSPS) is 15.6. The second kappa shape index (κ2) is 8.51. The lowest BCUT2D eigenvalue weighted by atomic mass is 9.88. The van der Waals surface area contributed by atoms with Gasteiger partial charge in [0.05, 0.1) is 11.5 Å². The Balaban J connectivity index is 1.75. The number of sulfonamides is 1. The molecule has 10 heteroatoms. The fraction of sp³-hybridized carbons (Fsp3) is 0.364. The molecule has 0 saturated heterocycles. The van der Waals surface area contributed by atoms with E-state index in [1.807, 2.05) is 6.92 Å². The molecule has 0 spiro atoms. The van der Waals surface area contributed by atoms with Gasteiger partial charge in [0, 0.05) is 5.92 Å². The minimum Gasteiger partial charge on any atom is -0.493 e. The third kappa shape index (κ3) is 4.20. The third-order valence-corrected chi connectivity index (χ3v) is 7.32. The summed E-state index contributed by atoms with van der Waals surface area (Å²) < 4.78 is 54.6. The maximum atomic E-state index is 14.8. The Morgan fingerprint density at radius 2 is 2.00 bits per heavy atom. The summed E-state index contributed by atoms with van der Waals surface area (Å²) >= 11 is 0. The van der Waals surface area contributed by atoms with Crippen LogP contribution in [0.5, 0.6) is 5.75 Å². The summed E-state index contributed by atoms with van der Waals surface area (Å²) in [4.78, 5) is 11.6. The summed E-state index contributed by atoms with van der Waals surface area (Å²) in [6.07, 6.45) is 1.51. The van der Waals surface area contributed by atoms with Gasteiger partial charge in [-0.05, 0) is 73.2 Å². The second-order valence-corrected chi connectivity index (χ2v) is 9.68. The van der Waals surface area contributed by atoms with E-state index < -0.39 is 33.6 Å². The largest absolute Gasteiger partial charge is 0.493 e. The van der Waals surface area contributed by atoms with Crippen LogP contribution in [0.25, 0.3) is 0 Å². The molecule has 2 atom stereocenters. The molecule has 2 heterocycles. The molecule has 0 bridgehead atoms. The number of aromatic nitrogens is 2. The summed E-state index contributed by atoms with van der Waals surface area (Å²) in [6.45, 7) is 5.86. The van der Waals surface area contributed by atoms with E-state index in [9.17, 15) is 17.6 Å². The molecule has 1 aliphatic heterocycles. The van der Waals surface area contributed by atoms with E-state index in [4.69, 9.17) is 9.15 Å². The van der Waals surface area contributed by atoms with Gasteiger partial charge in [-0.15, -0.1) is 5.10 Å². The molecule has 1 aliphatic rings. The minimum atomic E-state index is -4.06. The molecule has 2 unspecified atom stereocenters. The fourth-order valence-corrected chi connectivity index (χ4v) is 5.33. The van der Waals surface area contributed by atoms with Gasteiger partial charge in [0.2, 0.25) is 15.9 Å². The Morgan fingerprint density at radius 3 is 2.72 bits per heavy atom. The van der Waals surface area contributed by atoms with E-state index in [2.05, 4.69) is 14.9 Å². The molecule has 32 heavy (non-hydrogen) atoms. The van der Waals surface area contributed by atoms with E-state index in [0.717, 1.165) is 17.5 Å². The standard InChI is InChI=1S/C22H24FN3O5S/c1-12-6-8-17(23)19(13(12)2)14(3)20(21-24-25-22(27)31-21)26-32(28,29)16-7-9-18-15(11-16)5-4-10-30-18/h6-9,11,14,20,26H,4-5,10H2,1-3H3,(H,25,27). The highest BCUT2D eigenvalue weighted by molar-refractivity contribution is 7.89. The number of fused-ring (bicyclic) bond motifs is 1. The molecular weight excluding hydrogens is 437 g/mol. The van der Waals surface area contributed by atoms with Crippen molar-refractivity contribution in [3.05, 3.63) is 74.8 Å². The number of benzene rings is 2. The van der Waals surface area contributed by atoms with Crippen molar-refractivity contribution in [1.29, 1.82) is 0 Å². The molecule has 0 fully saturated rings. The van der Waals surface area contributed by atoms with Crippen LogP contribution >= 0.6 is 0 Å². The first-order valence-electron chi connectivity index (χ1n) is 10.3. The number of hydrogen-bond acceptors (Lipinski definition) is 6. The van der Waals surface area contributed by atoms with Crippen LogP contribution < -0.4 is 15.2 Å². The predicted molar refractivity (Wildman–Crippen MR) is 115 cm³/mol. The van der Waals surface area contributed by atoms with Gasteiger partial charge in [-0.3, -0.25) is 0 Å². The third-order valence-electron chi connectivity index (χ3n) is 5.88. The van der Waals surface area contributed by atoms with Crippen molar-refractivity contribution in [2.45, 2.75) is 50.5 Å². The molecule has 1 aromatic heterocycles. The van der Waals surface area contributed by atoms with Crippen molar-refractivity contribution in [3.63, 3.8) is 0 Å². The van der Waals surface area contributed by atoms with Crippen LogP contribution in [0.2, 0.25) is 0 Å². The van der Waals surface area contributed by atoms with Gasteiger partial charge < -0.3 is 9.15 Å². The summed E-state index contributed by atoms with van der Waals surface area (Å²) in [6, 6.07) is 6.51. The Morgan fingerprint density at radius 1 is 1.22 bits per heavy atom. The molecule has 0 radical (unpaired) electrons. The van der Waals surface area contributed by atoms with E-state index in [1.165, 1.54) is 12.1 Å². The number of aromatic amines is 1. The minimum absolute atomic E-state index is 0.0401. The van der Waals surface area contributed by atoms with Crippen LogP contribution in [0.15, 0.2) is 44.4 Å². The highest BCUT2D eigenvalue weighted by Crippen LogP contribution is 2.36. The highest BCUT2D eigenvalue weighted by atomic mass is 32.2. The Labute approximate surface area is 184 Å². The lowest BCUT2D eigenvalue weighted by Crippen LogP contribution is -2.33. The van der Waals surface area contributed by atoms with Crippen LogP contribution in [-0.4, -0.2) is 25.2 Å². The molecule has 0 aliphatic carbocycles. The van der Waals surface area contributed by atoms with E-state index in [1.54, 1.807) is 32.0 Å². The number of nitrogens with one attached hydrogen (secondary N) is 2. The van der Waals surface area contributed by atoms with Crippen molar-refractivity contribution in [3.8, 4) is 5.75 Å². The van der Waals surface area contributed by atoms with Gasteiger partial charge in [0.25, 0.3) is 0 Å². The van der Waals surface area contributed by atoms with Crippen molar-refractivity contribution >= 4 is 10.0 Å².